The zero-order valence-electron chi connectivity index (χ0n) is 14.9. The van der Waals surface area contributed by atoms with Crippen LogP contribution in [0.15, 0.2) is 36.4 Å². The summed E-state index contributed by atoms with van der Waals surface area (Å²) in [6.45, 7) is 2.43. The Kier molecular flexibility index (Phi) is 6.36. The molecule has 25 heavy (non-hydrogen) atoms. The van der Waals surface area contributed by atoms with E-state index >= 15 is 0 Å². The van der Waals surface area contributed by atoms with Crippen LogP contribution in [0.3, 0.4) is 0 Å². The lowest BCUT2D eigenvalue weighted by molar-refractivity contribution is -0.117. The second kappa shape index (κ2) is 8.48. The zero-order valence-corrected chi connectivity index (χ0v) is 14.9. The smallest absolute Gasteiger partial charge is 0.238 e. The maximum absolute atomic E-state index is 13.5. The SMILES string of the molecule is COc1ccc(CN(C)CC(=O)Nc2ccc(C)c(F)c2)cc1OC. The largest absolute Gasteiger partial charge is 0.493 e. The zero-order chi connectivity index (χ0) is 18.4. The molecule has 0 heterocycles. The Morgan fingerprint density at radius 2 is 1.84 bits per heavy atom. The standard InChI is InChI=1S/C19H23FN2O3/c1-13-5-7-15(10-16(13)20)21-19(23)12-22(2)11-14-6-8-17(24-3)18(9-14)25-4/h5-10H,11-12H2,1-4H3,(H,21,23). The number of benzene rings is 2. The third-order valence-corrected chi connectivity index (χ3v) is 3.77. The summed E-state index contributed by atoms with van der Waals surface area (Å²) >= 11 is 0. The van der Waals surface area contributed by atoms with Crippen LogP contribution in [-0.4, -0.2) is 38.6 Å². The number of amides is 1. The normalized spacial score (nSPS) is 10.6. The van der Waals surface area contributed by atoms with Crippen LogP contribution >= 0.6 is 0 Å². The average molecular weight is 346 g/mol. The monoisotopic (exact) mass is 346 g/mol. The molecule has 0 saturated heterocycles. The van der Waals surface area contributed by atoms with Gasteiger partial charge in [-0.3, -0.25) is 9.69 Å². The average Bonchev–Trinajstić information content (AvgIpc) is 2.57. The summed E-state index contributed by atoms with van der Waals surface area (Å²) in [6, 6.07) is 10.3. The van der Waals surface area contributed by atoms with Crippen molar-refractivity contribution >= 4 is 11.6 Å². The van der Waals surface area contributed by atoms with Gasteiger partial charge in [0, 0.05) is 12.2 Å². The van der Waals surface area contributed by atoms with Gasteiger partial charge in [0.05, 0.1) is 20.8 Å². The molecule has 0 radical (unpaired) electrons. The Hall–Kier alpha value is -2.60. The molecule has 134 valence electrons. The minimum absolute atomic E-state index is 0.184. The molecular weight excluding hydrogens is 323 g/mol. The minimum Gasteiger partial charge on any atom is -0.493 e. The van der Waals surface area contributed by atoms with E-state index in [9.17, 15) is 9.18 Å². The summed E-state index contributed by atoms with van der Waals surface area (Å²) < 4.78 is 24.0. The molecule has 0 fully saturated rings. The fraction of sp³-hybridized carbons (Fsp3) is 0.316. The first kappa shape index (κ1) is 18.7. The van der Waals surface area contributed by atoms with Crippen LogP contribution in [0.1, 0.15) is 11.1 Å². The molecule has 2 aromatic rings. The summed E-state index contributed by atoms with van der Waals surface area (Å²) in [4.78, 5) is 14.0. The predicted molar refractivity (Wildman–Crippen MR) is 95.6 cm³/mol. The van der Waals surface area contributed by atoms with Gasteiger partial charge in [0.15, 0.2) is 11.5 Å². The molecule has 5 nitrogen and oxygen atoms in total. The van der Waals surface area contributed by atoms with Crippen molar-refractivity contribution in [1.82, 2.24) is 4.90 Å². The van der Waals surface area contributed by atoms with Gasteiger partial charge in [-0.25, -0.2) is 4.39 Å². The molecule has 0 spiro atoms. The molecule has 2 rings (SSSR count). The topological polar surface area (TPSA) is 50.8 Å². The van der Waals surface area contributed by atoms with Gasteiger partial charge in [0.25, 0.3) is 0 Å². The quantitative estimate of drug-likeness (QED) is 0.836. The highest BCUT2D eigenvalue weighted by Gasteiger charge is 2.10. The molecule has 2 aromatic carbocycles. The number of halogens is 1. The van der Waals surface area contributed by atoms with E-state index < -0.39 is 0 Å². The maximum Gasteiger partial charge on any atom is 0.238 e. The summed E-state index contributed by atoms with van der Waals surface area (Å²) in [6.07, 6.45) is 0. The summed E-state index contributed by atoms with van der Waals surface area (Å²) in [5, 5.41) is 2.70. The molecule has 0 unspecified atom stereocenters. The van der Waals surface area contributed by atoms with Crippen LogP contribution in [0.2, 0.25) is 0 Å². The van der Waals surface area contributed by atoms with Crippen molar-refractivity contribution in [2.24, 2.45) is 0 Å². The number of ether oxygens (including phenoxy) is 2. The van der Waals surface area contributed by atoms with Gasteiger partial charge in [0.1, 0.15) is 5.82 Å². The van der Waals surface area contributed by atoms with Crippen molar-refractivity contribution in [2.45, 2.75) is 13.5 Å². The number of carbonyl (C=O) groups is 1. The number of hydrogen-bond donors (Lipinski definition) is 1. The van der Waals surface area contributed by atoms with E-state index in [1.54, 1.807) is 33.3 Å². The van der Waals surface area contributed by atoms with Gasteiger partial charge in [0.2, 0.25) is 5.91 Å². The first-order chi connectivity index (χ1) is 11.9. The Balaban J connectivity index is 1.94. The molecule has 1 amide bonds. The number of carbonyl (C=O) groups excluding carboxylic acids is 1. The summed E-state index contributed by atoms with van der Waals surface area (Å²) in [5.74, 6) is 0.767. The molecule has 0 aliphatic heterocycles. The van der Waals surface area contributed by atoms with Crippen molar-refractivity contribution in [3.05, 3.63) is 53.3 Å². The van der Waals surface area contributed by atoms with E-state index in [1.165, 1.54) is 6.07 Å². The van der Waals surface area contributed by atoms with Crippen LogP contribution in [-0.2, 0) is 11.3 Å². The molecule has 1 N–H and O–H groups in total. The Bertz CT molecular complexity index is 749. The van der Waals surface area contributed by atoms with Crippen LogP contribution in [0, 0.1) is 12.7 Å². The van der Waals surface area contributed by atoms with Gasteiger partial charge in [-0.05, 0) is 49.4 Å². The first-order valence-electron chi connectivity index (χ1n) is 7.88. The van der Waals surface area contributed by atoms with Crippen molar-refractivity contribution < 1.29 is 18.7 Å². The summed E-state index contributed by atoms with van der Waals surface area (Å²) in [7, 11) is 5.01. The van der Waals surface area contributed by atoms with Gasteiger partial charge in [-0.2, -0.15) is 0 Å². The Morgan fingerprint density at radius 3 is 2.48 bits per heavy atom. The van der Waals surface area contributed by atoms with Gasteiger partial charge in [-0.15, -0.1) is 0 Å². The van der Waals surface area contributed by atoms with Crippen LogP contribution in [0.25, 0.3) is 0 Å². The third-order valence-electron chi connectivity index (χ3n) is 3.77. The molecule has 0 aromatic heterocycles. The number of rotatable bonds is 7. The lowest BCUT2D eigenvalue weighted by atomic mass is 10.2. The third kappa shape index (κ3) is 5.19. The Morgan fingerprint density at radius 1 is 1.12 bits per heavy atom. The molecule has 0 saturated carbocycles. The first-order valence-corrected chi connectivity index (χ1v) is 7.88. The highest BCUT2D eigenvalue weighted by molar-refractivity contribution is 5.92. The van der Waals surface area contributed by atoms with Crippen LogP contribution in [0.4, 0.5) is 10.1 Å². The fourth-order valence-corrected chi connectivity index (χ4v) is 2.46. The fourth-order valence-electron chi connectivity index (χ4n) is 2.46. The number of likely N-dealkylation sites (N-methyl/N-ethyl adjacent to an activating group) is 1. The van der Waals surface area contributed by atoms with Gasteiger partial charge >= 0.3 is 0 Å². The lowest BCUT2D eigenvalue weighted by Crippen LogP contribution is -2.29. The van der Waals surface area contributed by atoms with Crippen molar-refractivity contribution in [3.63, 3.8) is 0 Å². The van der Waals surface area contributed by atoms with E-state index in [2.05, 4.69) is 5.32 Å². The lowest BCUT2D eigenvalue weighted by Gasteiger charge is -2.17. The minimum atomic E-state index is -0.337. The Labute approximate surface area is 147 Å². The van der Waals surface area contributed by atoms with E-state index in [4.69, 9.17) is 9.47 Å². The highest BCUT2D eigenvalue weighted by atomic mass is 19.1. The van der Waals surface area contributed by atoms with Crippen LogP contribution < -0.4 is 14.8 Å². The maximum atomic E-state index is 13.5. The molecule has 0 aliphatic rings. The molecule has 0 atom stereocenters. The predicted octanol–water partition coefficient (Wildman–Crippen LogP) is 3.22. The molecule has 0 bridgehead atoms. The summed E-state index contributed by atoms with van der Waals surface area (Å²) in [5.41, 5.74) is 1.99. The van der Waals surface area contributed by atoms with Crippen LogP contribution in [0.5, 0.6) is 11.5 Å². The number of nitrogens with zero attached hydrogens (tertiary/aromatic N) is 1. The van der Waals surface area contributed by atoms with Gasteiger partial charge < -0.3 is 14.8 Å². The molecular formula is C19H23FN2O3. The highest BCUT2D eigenvalue weighted by Crippen LogP contribution is 2.27. The molecule has 6 heteroatoms. The van der Waals surface area contributed by atoms with Crippen molar-refractivity contribution in [2.75, 3.05) is 33.1 Å². The van der Waals surface area contributed by atoms with E-state index in [0.717, 1.165) is 5.56 Å². The number of aryl methyl sites for hydroxylation is 1. The molecule has 0 aliphatic carbocycles. The van der Waals surface area contributed by atoms with Gasteiger partial charge in [-0.1, -0.05) is 12.1 Å². The second-order valence-corrected chi connectivity index (χ2v) is 5.87. The second-order valence-electron chi connectivity index (χ2n) is 5.87. The van der Waals surface area contributed by atoms with Crippen molar-refractivity contribution in [3.8, 4) is 11.5 Å². The van der Waals surface area contributed by atoms with E-state index in [1.807, 2.05) is 30.1 Å². The number of hydrogen-bond acceptors (Lipinski definition) is 4. The number of nitrogens with one attached hydrogen (secondary N) is 1. The van der Waals surface area contributed by atoms with Crippen molar-refractivity contribution in [1.29, 1.82) is 0 Å². The number of anilines is 1. The van der Waals surface area contributed by atoms with E-state index in [0.29, 0.717) is 29.3 Å². The van der Waals surface area contributed by atoms with E-state index in [-0.39, 0.29) is 18.3 Å². The number of methoxy groups -OCH3 is 2.